The highest BCUT2D eigenvalue weighted by Crippen LogP contribution is 2.10. The van der Waals surface area contributed by atoms with E-state index in [1.807, 2.05) is 0 Å². The van der Waals surface area contributed by atoms with Crippen molar-refractivity contribution in [1.29, 1.82) is 0 Å². The molecule has 0 fully saturated rings. The summed E-state index contributed by atoms with van der Waals surface area (Å²) in [7, 11) is -1.80. The van der Waals surface area contributed by atoms with Gasteiger partial charge in [-0.1, -0.05) is 6.92 Å². The third-order valence-electron chi connectivity index (χ3n) is 2.92. The lowest BCUT2D eigenvalue weighted by molar-refractivity contribution is 0.192. The molecule has 120 valence electrons. The summed E-state index contributed by atoms with van der Waals surface area (Å²) in [5.41, 5.74) is 0. The smallest absolute Gasteiger partial charge is 0.242 e. The molecule has 0 saturated heterocycles. The first-order chi connectivity index (χ1) is 10.1. The Labute approximate surface area is 127 Å². The fourth-order valence-electron chi connectivity index (χ4n) is 1.73. The van der Waals surface area contributed by atoms with Crippen LogP contribution in [0.25, 0.3) is 0 Å². The maximum absolute atomic E-state index is 12.1. The van der Waals surface area contributed by atoms with Gasteiger partial charge in [0.1, 0.15) is 10.7 Å². The molecule has 6 nitrogen and oxygen atoms in total. The van der Waals surface area contributed by atoms with Crippen molar-refractivity contribution in [2.75, 3.05) is 32.1 Å². The van der Waals surface area contributed by atoms with Gasteiger partial charge in [0.15, 0.2) is 0 Å². The summed E-state index contributed by atoms with van der Waals surface area (Å²) in [4.78, 5) is 4.30. The average molecular weight is 315 g/mol. The molecule has 0 aromatic carbocycles. The second-order valence-electron chi connectivity index (χ2n) is 4.76. The summed E-state index contributed by atoms with van der Waals surface area (Å²) in [6.07, 6.45) is 5.05. The zero-order valence-electron chi connectivity index (χ0n) is 12.8. The molecule has 2 N–H and O–H groups in total. The Bertz CT molecular complexity index is 489. The molecule has 0 unspecified atom stereocenters. The lowest BCUT2D eigenvalue weighted by Gasteiger charge is -2.08. The van der Waals surface area contributed by atoms with E-state index >= 15 is 0 Å². The van der Waals surface area contributed by atoms with Crippen molar-refractivity contribution < 1.29 is 13.2 Å². The van der Waals surface area contributed by atoms with E-state index in [9.17, 15) is 8.42 Å². The quantitative estimate of drug-likeness (QED) is 0.611. The second kappa shape index (κ2) is 9.70. The van der Waals surface area contributed by atoms with Crippen molar-refractivity contribution in [1.82, 2.24) is 9.71 Å². The fraction of sp³-hybridized carbons (Fsp3) is 0.643. The highest BCUT2D eigenvalue weighted by atomic mass is 32.2. The van der Waals surface area contributed by atoms with Gasteiger partial charge in [0.2, 0.25) is 10.0 Å². The molecule has 0 aliphatic heterocycles. The van der Waals surface area contributed by atoms with E-state index in [-0.39, 0.29) is 4.90 Å². The van der Waals surface area contributed by atoms with E-state index < -0.39 is 10.0 Å². The van der Waals surface area contributed by atoms with Gasteiger partial charge in [-0.15, -0.1) is 0 Å². The van der Waals surface area contributed by atoms with Gasteiger partial charge in [-0.3, -0.25) is 0 Å². The second-order valence-corrected chi connectivity index (χ2v) is 6.52. The first-order valence-electron chi connectivity index (χ1n) is 7.28. The van der Waals surface area contributed by atoms with E-state index in [2.05, 4.69) is 21.9 Å². The van der Waals surface area contributed by atoms with Crippen LogP contribution in [0.5, 0.6) is 0 Å². The Morgan fingerprint density at radius 2 is 2.00 bits per heavy atom. The van der Waals surface area contributed by atoms with Gasteiger partial charge in [-0.05, 0) is 37.8 Å². The molecule has 1 aromatic heterocycles. The van der Waals surface area contributed by atoms with Crippen LogP contribution in [0.15, 0.2) is 23.2 Å². The Hall–Kier alpha value is -1.18. The Morgan fingerprint density at radius 1 is 1.19 bits per heavy atom. The lowest BCUT2D eigenvalue weighted by Crippen LogP contribution is -2.25. The van der Waals surface area contributed by atoms with Crippen molar-refractivity contribution in [2.24, 2.45) is 0 Å². The zero-order valence-corrected chi connectivity index (χ0v) is 13.6. The van der Waals surface area contributed by atoms with Crippen LogP contribution in [-0.4, -0.2) is 40.2 Å². The minimum absolute atomic E-state index is 0.196. The van der Waals surface area contributed by atoms with Gasteiger partial charge in [0.25, 0.3) is 0 Å². The molecule has 0 aliphatic rings. The van der Waals surface area contributed by atoms with Gasteiger partial charge in [-0.2, -0.15) is 0 Å². The molecular formula is C14H25N3O3S. The Kier molecular flexibility index (Phi) is 8.26. The molecule has 1 aromatic rings. The topological polar surface area (TPSA) is 80.3 Å². The first-order valence-corrected chi connectivity index (χ1v) is 8.77. The van der Waals surface area contributed by atoms with Crippen molar-refractivity contribution in [2.45, 2.75) is 37.5 Å². The van der Waals surface area contributed by atoms with Crippen LogP contribution in [0, 0.1) is 0 Å². The largest absolute Gasteiger partial charge is 0.385 e. The summed E-state index contributed by atoms with van der Waals surface area (Å²) in [6, 6.07) is 3.25. The maximum Gasteiger partial charge on any atom is 0.242 e. The summed E-state index contributed by atoms with van der Waals surface area (Å²) in [5, 5.41) is 3.11. The van der Waals surface area contributed by atoms with Gasteiger partial charge in [0, 0.05) is 33.0 Å². The van der Waals surface area contributed by atoms with E-state index in [0.717, 1.165) is 32.2 Å². The molecule has 1 rings (SSSR count). The highest BCUT2D eigenvalue weighted by Gasteiger charge is 2.13. The number of aromatic nitrogens is 1. The van der Waals surface area contributed by atoms with Crippen molar-refractivity contribution in [3.63, 3.8) is 0 Å². The predicted octanol–water partition coefficient (Wildman–Crippen LogP) is 2.00. The van der Waals surface area contributed by atoms with Crippen LogP contribution in [0.3, 0.4) is 0 Å². The van der Waals surface area contributed by atoms with Crippen molar-refractivity contribution in [3.8, 4) is 0 Å². The molecule has 21 heavy (non-hydrogen) atoms. The lowest BCUT2D eigenvalue weighted by atomic mass is 10.2. The van der Waals surface area contributed by atoms with Crippen molar-refractivity contribution >= 4 is 15.8 Å². The average Bonchev–Trinajstić information content (AvgIpc) is 2.49. The number of anilines is 1. The zero-order chi connectivity index (χ0) is 15.6. The standard InChI is InChI=1S/C14H25N3O3S/c1-3-9-15-14-8-7-13(12-16-14)21(18,19)17-10-5-4-6-11-20-2/h7-8,12,17H,3-6,9-11H2,1-2H3,(H,15,16). The summed E-state index contributed by atoms with van der Waals surface area (Å²) < 4.78 is 31.6. The van der Waals surface area contributed by atoms with Crippen LogP contribution in [0.2, 0.25) is 0 Å². The Balaban J connectivity index is 2.42. The summed E-state index contributed by atoms with van der Waals surface area (Å²) >= 11 is 0. The van der Waals surface area contributed by atoms with Crippen LogP contribution in [0.1, 0.15) is 32.6 Å². The normalized spacial score (nSPS) is 11.5. The molecule has 0 spiro atoms. The van der Waals surface area contributed by atoms with E-state index in [4.69, 9.17) is 4.74 Å². The first kappa shape index (κ1) is 17.9. The number of nitrogens with zero attached hydrogens (tertiary/aromatic N) is 1. The van der Waals surface area contributed by atoms with E-state index in [0.29, 0.717) is 19.0 Å². The molecular weight excluding hydrogens is 290 g/mol. The number of sulfonamides is 1. The van der Waals surface area contributed by atoms with Crippen LogP contribution < -0.4 is 10.0 Å². The summed E-state index contributed by atoms with van der Waals surface area (Å²) in [5.74, 6) is 0.690. The minimum Gasteiger partial charge on any atom is -0.385 e. The highest BCUT2D eigenvalue weighted by molar-refractivity contribution is 7.89. The van der Waals surface area contributed by atoms with Gasteiger partial charge < -0.3 is 10.1 Å². The van der Waals surface area contributed by atoms with E-state index in [1.54, 1.807) is 19.2 Å². The monoisotopic (exact) mass is 315 g/mol. The number of unbranched alkanes of at least 4 members (excludes halogenated alkanes) is 2. The number of ether oxygens (including phenoxy) is 1. The summed E-state index contributed by atoms with van der Waals surface area (Å²) in [6.45, 7) is 4.02. The van der Waals surface area contributed by atoms with Crippen LogP contribution in [-0.2, 0) is 14.8 Å². The third-order valence-corrected chi connectivity index (χ3v) is 4.37. The number of nitrogens with one attached hydrogen (secondary N) is 2. The molecule has 1 heterocycles. The van der Waals surface area contributed by atoms with Crippen LogP contribution in [0.4, 0.5) is 5.82 Å². The van der Waals surface area contributed by atoms with Gasteiger partial charge >= 0.3 is 0 Å². The molecule has 0 aliphatic carbocycles. The number of pyridine rings is 1. The molecule has 0 atom stereocenters. The SMILES string of the molecule is CCCNc1ccc(S(=O)(=O)NCCCCCOC)cn1. The molecule has 0 saturated carbocycles. The van der Waals surface area contributed by atoms with Crippen molar-refractivity contribution in [3.05, 3.63) is 18.3 Å². The van der Waals surface area contributed by atoms with Gasteiger partial charge in [-0.25, -0.2) is 18.1 Å². The molecule has 7 heteroatoms. The third kappa shape index (κ3) is 6.88. The van der Waals surface area contributed by atoms with E-state index in [1.165, 1.54) is 6.20 Å². The molecule has 0 bridgehead atoms. The molecule has 0 amide bonds. The minimum atomic E-state index is -3.46. The fourth-order valence-corrected chi connectivity index (χ4v) is 2.75. The van der Waals surface area contributed by atoms with Crippen LogP contribution >= 0.6 is 0 Å². The number of hydrogen-bond acceptors (Lipinski definition) is 5. The number of rotatable bonds is 11. The molecule has 0 radical (unpaired) electrons. The number of hydrogen-bond donors (Lipinski definition) is 2. The number of methoxy groups -OCH3 is 1. The van der Waals surface area contributed by atoms with Gasteiger partial charge in [0.05, 0.1) is 0 Å². The maximum atomic E-state index is 12.1. The Morgan fingerprint density at radius 3 is 2.62 bits per heavy atom. The predicted molar refractivity (Wildman–Crippen MR) is 83.9 cm³/mol.